The minimum absolute atomic E-state index is 0.162. The summed E-state index contributed by atoms with van der Waals surface area (Å²) < 4.78 is 1.78. The van der Waals surface area contributed by atoms with Gasteiger partial charge in [-0.3, -0.25) is 9.48 Å². The smallest absolute Gasteiger partial charge is 0.224 e. The number of likely N-dealkylation sites (tertiary alicyclic amines) is 1. The molecule has 1 saturated heterocycles. The number of aryl methyl sites for hydroxylation is 1. The fourth-order valence-electron chi connectivity index (χ4n) is 2.33. The summed E-state index contributed by atoms with van der Waals surface area (Å²) in [5, 5.41) is 10.6. The second-order valence-corrected chi connectivity index (χ2v) is 4.91. The summed E-state index contributed by atoms with van der Waals surface area (Å²) in [5.41, 5.74) is 0. The Bertz CT molecular complexity index is 365. The third-order valence-electron chi connectivity index (χ3n) is 3.33. The molecule has 1 atom stereocenters. The molecule has 1 aromatic rings. The number of hydrogen-bond acceptors (Lipinski definition) is 4. The molecule has 1 N–H and O–H groups in total. The van der Waals surface area contributed by atoms with Crippen molar-refractivity contribution in [3.8, 4) is 0 Å². The number of aromatic nitrogens is 3. The Morgan fingerprint density at radius 2 is 2.44 bits per heavy atom. The lowest BCUT2D eigenvalue weighted by Gasteiger charge is -2.28. The van der Waals surface area contributed by atoms with Crippen LogP contribution in [0.3, 0.4) is 0 Å². The average molecular weight is 251 g/mol. The third kappa shape index (κ3) is 3.80. The van der Waals surface area contributed by atoms with Crippen molar-refractivity contribution in [2.75, 3.05) is 26.7 Å². The lowest BCUT2D eigenvalue weighted by Crippen LogP contribution is -2.41. The molecule has 100 valence electrons. The minimum Gasteiger partial charge on any atom is -0.356 e. The van der Waals surface area contributed by atoms with Gasteiger partial charge in [0.05, 0.1) is 12.1 Å². The van der Waals surface area contributed by atoms with Gasteiger partial charge in [-0.1, -0.05) is 5.21 Å². The van der Waals surface area contributed by atoms with Crippen LogP contribution in [0, 0.1) is 5.92 Å². The minimum atomic E-state index is 0.162. The maximum Gasteiger partial charge on any atom is 0.224 e. The highest BCUT2D eigenvalue weighted by Gasteiger charge is 2.23. The molecule has 6 heteroatoms. The van der Waals surface area contributed by atoms with Crippen LogP contribution in [0.4, 0.5) is 0 Å². The van der Waals surface area contributed by atoms with Gasteiger partial charge in [0, 0.05) is 25.8 Å². The van der Waals surface area contributed by atoms with E-state index in [1.165, 1.54) is 0 Å². The molecule has 0 unspecified atom stereocenters. The van der Waals surface area contributed by atoms with Crippen molar-refractivity contribution in [2.45, 2.75) is 25.8 Å². The molecular formula is C12H21N5O. The van der Waals surface area contributed by atoms with Crippen LogP contribution in [-0.4, -0.2) is 52.5 Å². The Morgan fingerprint density at radius 3 is 3.17 bits per heavy atom. The van der Waals surface area contributed by atoms with E-state index in [1.54, 1.807) is 10.9 Å². The molecule has 6 nitrogen and oxygen atoms in total. The van der Waals surface area contributed by atoms with E-state index in [-0.39, 0.29) is 11.8 Å². The van der Waals surface area contributed by atoms with Gasteiger partial charge in [0.2, 0.25) is 5.91 Å². The summed E-state index contributed by atoms with van der Waals surface area (Å²) in [6, 6.07) is 0. The highest BCUT2D eigenvalue weighted by atomic mass is 16.1. The summed E-state index contributed by atoms with van der Waals surface area (Å²) in [6.07, 6.45) is 6.51. The highest BCUT2D eigenvalue weighted by molar-refractivity contribution is 5.78. The van der Waals surface area contributed by atoms with Crippen molar-refractivity contribution in [2.24, 2.45) is 5.92 Å². The lowest BCUT2D eigenvalue weighted by molar-refractivity contribution is -0.126. The van der Waals surface area contributed by atoms with Crippen LogP contribution in [0.2, 0.25) is 0 Å². The van der Waals surface area contributed by atoms with Crippen LogP contribution in [0.5, 0.6) is 0 Å². The molecule has 2 heterocycles. The van der Waals surface area contributed by atoms with Crippen molar-refractivity contribution >= 4 is 5.91 Å². The van der Waals surface area contributed by atoms with E-state index in [4.69, 9.17) is 0 Å². The molecule has 0 spiro atoms. The Labute approximate surface area is 107 Å². The predicted molar refractivity (Wildman–Crippen MR) is 67.9 cm³/mol. The molecule has 0 aromatic carbocycles. The van der Waals surface area contributed by atoms with Crippen LogP contribution < -0.4 is 5.32 Å². The fraction of sp³-hybridized carbons (Fsp3) is 0.750. The summed E-state index contributed by atoms with van der Waals surface area (Å²) >= 11 is 0. The van der Waals surface area contributed by atoms with Crippen LogP contribution in [-0.2, 0) is 11.3 Å². The van der Waals surface area contributed by atoms with E-state index in [1.807, 2.05) is 6.20 Å². The maximum atomic E-state index is 11.9. The van der Waals surface area contributed by atoms with E-state index in [9.17, 15) is 4.79 Å². The molecule has 1 aromatic heterocycles. The second-order valence-electron chi connectivity index (χ2n) is 4.91. The van der Waals surface area contributed by atoms with Gasteiger partial charge in [0.25, 0.3) is 0 Å². The lowest BCUT2D eigenvalue weighted by atomic mass is 9.97. The van der Waals surface area contributed by atoms with Gasteiger partial charge in [0.15, 0.2) is 0 Å². The van der Waals surface area contributed by atoms with E-state index in [0.29, 0.717) is 6.54 Å². The second kappa shape index (κ2) is 6.49. The molecule has 1 fully saturated rings. The number of hydrogen-bond donors (Lipinski definition) is 1. The number of carbonyl (C=O) groups is 1. The van der Waals surface area contributed by atoms with Crippen molar-refractivity contribution in [1.29, 1.82) is 0 Å². The topological polar surface area (TPSA) is 63.1 Å². The van der Waals surface area contributed by atoms with Crippen LogP contribution >= 0.6 is 0 Å². The molecule has 18 heavy (non-hydrogen) atoms. The Morgan fingerprint density at radius 1 is 1.56 bits per heavy atom. The largest absolute Gasteiger partial charge is 0.356 e. The van der Waals surface area contributed by atoms with Crippen molar-refractivity contribution in [1.82, 2.24) is 25.2 Å². The van der Waals surface area contributed by atoms with Crippen molar-refractivity contribution in [3.05, 3.63) is 12.4 Å². The van der Waals surface area contributed by atoms with Crippen molar-refractivity contribution < 1.29 is 4.79 Å². The molecule has 0 radical (unpaired) electrons. The zero-order valence-corrected chi connectivity index (χ0v) is 10.9. The van der Waals surface area contributed by atoms with Gasteiger partial charge in [-0.05, 0) is 32.9 Å². The van der Waals surface area contributed by atoms with Crippen LogP contribution in [0.15, 0.2) is 12.4 Å². The van der Waals surface area contributed by atoms with Gasteiger partial charge in [-0.2, -0.15) is 0 Å². The molecule has 2 rings (SSSR count). The Balaban J connectivity index is 1.62. The highest BCUT2D eigenvalue weighted by Crippen LogP contribution is 2.14. The van der Waals surface area contributed by atoms with Gasteiger partial charge >= 0.3 is 0 Å². The maximum absolute atomic E-state index is 11.9. The zero-order valence-electron chi connectivity index (χ0n) is 10.9. The number of nitrogens with one attached hydrogen (secondary N) is 1. The monoisotopic (exact) mass is 251 g/mol. The molecule has 1 aliphatic heterocycles. The Kier molecular flexibility index (Phi) is 4.69. The normalized spacial score (nSPS) is 20.8. The zero-order chi connectivity index (χ0) is 12.8. The molecule has 1 amide bonds. The first-order chi connectivity index (χ1) is 8.75. The predicted octanol–water partition coefficient (Wildman–Crippen LogP) is 0.126. The molecule has 0 saturated carbocycles. The number of rotatable bonds is 5. The van der Waals surface area contributed by atoms with Gasteiger partial charge in [-0.15, -0.1) is 5.10 Å². The summed E-state index contributed by atoms with van der Waals surface area (Å²) in [6.45, 7) is 3.49. The average Bonchev–Trinajstić information content (AvgIpc) is 2.87. The summed E-state index contributed by atoms with van der Waals surface area (Å²) in [4.78, 5) is 14.2. The summed E-state index contributed by atoms with van der Waals surface area (Å²) in [7, 11) is 2.07. The standard InChI is InChI=1S/C12H21N5O/c1-16-7-2-4-11(10-16)12(18)13-5-3-8-17-9-6-14-15-17/h6,9,11H,2-5,7-8,10H2,1H3,(H,13,18)/t11-/m0/s1. The van der Waals surface area contributed by atoms with Crippen LogP contribution in [0.1, 0.15) is 19.3 Å². The van der Waals surface area contributed by atoms with Crippen molar-refractivity contribution in [3.63, 3.8) is 0 Å². The number of nitrogens with zero attached hydrogens (tertiary/aromatic N) is 4. The first-order valence-corrected chi connectivity index (χ1v) is 6.56. The van der Waals surface area contributed by atoms with Gasteiger partial charge in [0.1, 0.15) is 0 Å². The number of piperidine rings is 1. The van der Waals surface area contributed by atoms with E-state index < -0.39 is 0 Å². The third-order valence-corrected chi connectivity index (χ3v) is 3.33. The fourth-order valence-corrected chi connectivity index (χ4v) is 2.33. The number of carbonyl (C=O) groups excluding carboxylic acids is 1. The quantitative estimate of drug-likeness (QED) is 0.755. The van der Waals surface area contributed by atoms with E-state index >= 15 is 0 Å². The van der Waals surface area contributed by atoms with E-state index in [2.05, 4.69) is 27.6 Å². The van der Waals surface area contributed by atoms with Crippen LogP contribution in [0.25, 0.3) is 0 Å². The molecular weight excluding hydrogens is 230 g/mol. The van der Waals surface area contributed by atoms with E-state index in [0.717, 1.165) is 38.9 Å². The SMILES string of the molecule is CN1CCC[C@H](C(=O)NCCCn2ccnn2)C1. The first-order valence-electron chi connectivity index (χ1n) is 6.56. The van der Waals surface area contributed by atoms with Gasteiger partial charge in [-0.25, -0.2) is 0 Å². The molecule has 0 bridgehead atoms. The first kappa shape index (κ1) is 13.0. The Hall–Kier alpha value is -1.43. The van der Waals surface area contributed by atoms with Gasteiger partial charge < -0.3 is 10.2 Å². The number of amides is 1. The molecule has 1 aliphatic rings. The molecule has 0 aliphatic carbocycles. The summed E-state index contributed by atoms with van der Waals surface area (Å²) in [5.74, 6) is 0.357.